The summed E-state index contributed by atoms with van der Waals surface area (Å²) in [5.74, 6) is 0.647. The van der Waals surface area contributed by atoms with Crippen LogP contribution in [0.5, 0.6) is 5.75 Å². The fourth-order valence-corrected chi connectivity index (χ4v) is 3.16. The van der Waals surface area contributed by atoms with Crippen LogP contribution >= 0.6 is 28.1 Å². The fraction of sp³-hybridized carbons (Fsp3) is 0.333. The van der Waals surface area contributed by atoms with Gasteiger partial charge in [0.15, 0.2) is 17.2 Å². The molecule has 2 N–H and O–H groups in total. The lowest BCUT2D eigenvalue weighted by atomic mass is 10.2. The molecule has 8 nitrogen and oxygen atoms in total. The third-order valence-corrected chi connectivity index (χ3v) is 4.57. The van der Waals surface area contributed by atoms with E-state index in [1.807, 2.05) is 6.92 Å². The molecule has 132 valence electrons. The maximum Gasteiger partial charge on any atom is 0.265 e. The summed E-state index contributed by atoms with van der Waals surface area (Å²) in [5.41, 5.74) is 0.575. The summed E-state index contributed by atoms with van der Waals surface area (Å²) in [4.78, 5) is 25.8. The van der Waals surface area contributed by atoms with E-state index in [1.165, 1.54) is 4.90 Å². The minimum absolute atomic E-state index is 0.0892. The average molecular weight is 426 g/mol. The zero-order valence-corrected chi connectivity index (χ0v) is 15.8. The van der Waals surface area contributed by atoms with Crippen molar-refractivity contribution >= 4 is 45.6 Å². The molecule has 0 atom stereocenters. The normalized spacial score (nSPS) is 13.4. The van der Waals surface area contributed by atoms with Crippen LogP contribution in [0.3, 0.4) is 0 Å². The van der Waals surface area contributed by atoms with E-state index in [0.29, 0.717) is 28.6 Å². The highest BCUT2D eigenvalue weighted by molar-refractivity contribution is 9.10. The summed E-state index contributed by atoms with van der Waals surface area (Å²) in [6, 6.07) is 5.31. The summed E-state index contributed by atoms with van der Waals surface area (Å²) in [7, 11) is 0. The molecule has 0 bridgehead atoms. The fourth-order valence-electron chi connectivity index (χ4n) is 2.54. The molecule has 1 aromatic heterocycles. The molecule has 0 spiro atoms. The Hall–Kier alpha value is -2.20. The SMILES string of the molecule is CCn1c(CNC(=O)CN2C(=O)COc3cc(Br)ccc32)n[nH]c1=S. The van der Waals surface area contributed by atoms with Gasteiger partial charge < -0.3 is 14.6 Å². The van der Waals surface area contributed by atoms with Crippen molar-refractivity contribution in [1.29, 1.82) is 0 Å². The molecule has 1 aromatic carbocycles. The van der Waals surface area contributed by atoms with Crippen molar-refractivity contribution in [3.8, 4) is 5.75 Å². The number of amides is 2. The molecule has 0 fully saturated rings. The zero-order chi connectivity index (χ0) is 18.0. The van der Waals surface area contributed by atoms with Crippen molar-refractivity contribution < 1.29 is 14.3 Å². The number of nitrogens with one attached hydrogen (secondary N) is 2. The minimum atomic E-state index is -0.291. The molecular formula is C15H16BrN5O3S. The van der Waals surface area contributed by atoms with Gasteiger partial charge in [0, 0.05) is 11.0 Å². The molecule has 2 aromatic rings. The number of benzene rings is 1. The van der Waals surface area contributed by atoms with Crippen LogP contribution in [0.2, 0.25) is 0 Å². The lowest BCUT2D eigenvalue weighted by molar-refractivity contribution is -0.125. The van der Waals surface area contributed by atoms with E-state index in [-0.39, 0.29) is 31.5 Å². The maximum absolute atomic E-state index is 12.3. The molecule has 25 heavy (non-hydrogen) atoms. The molecule has 10 heteroatoms. The Morgan fingerprint density at radius 3 is 3.08 bits per heavy atom. The van der Waals surface area contributed by atoms with Gasteiger partial charge in [0.25, 0.3) is 5.91 Å². The van der Waals surface area contributed by atoms with Crippen molar-refractivity contribution in [2.75, 3.05) is 18.1 Å². The second-order valence-electron chi connectivity index (χ2n) is 5.35. The third kappa shape index (κ3) is 3.74. The molecule has 1 aliphatic rings. The number of rotatable bonds is 5. The van der Waals surface area contributed by atoms with Gasteiger partial charge in [-0.3, -0.25) is 19.6 Å². The summed E-state index contributed by atoms with van der Waals surface area (Å²) in [6.45, 7) is 2.65. The summed E-state index contributed by atoms with van der Waals surface area (Å²) < 4.78 is 8.55. The third-order valence-electron chi connectivity index (χ3n) is 3.76. The van der Waals surface area contributed by atoms with Crippen LogP contribution in [-0.2, 0) is 22.7 Å². The van der Waals surface area contributed by atoms with Crippen LogP contribution in [0, 0.1) is 4.77 Å². The van der Waals surface area contributed by atoms with Gasteiger partial charge in [-0.25, -0.2) is 0 Å². The number of aromatic nitrogens is 3. The van der Waals surface area contributed by atoms with Crippen LogP contribution < -0.4 is 15.0 Å². The minimum Gasteiger partial charge on any atom is -0.482 e. The first-order chi connectivity index (χ1) is 12.0. The number of ether oxygens (including phenoxy) is 1. The number of carbonyl (C=O) groups excluding carboxylic acids is 2. The molecular weight excluding hydrogens is 410 g/mol. The van der Waals surface area contributed by atoms with Gasteiger partial charge in [0.2, 0.25) is 5.91 Å². The van der Waals surface area contributed by atoms with Gasteiger partial charge in [-0.2, -0.15) is 5.10 Å². The topological polar surface area (TPSA) is 92.2 Å². The number of aromatic amines is 1. The quantitative estimate of drug-likeness (QED) is 0.712. The standard InChI is InChI=1S/C15H16BrN5O3S/c1-2-20-12(18-19-15(20)25)6-17-13(22)7-21-10-4-3-9(16)5-11(10)24-8-14(21)23/h3-5H,2,6-8H2,1H3,(H,17,22)(H,19,25). The first kappa shape index (κ1) is 17.6. The largest absolute Gasteiger partial charge is 0.482 e. The molecule has 1 aliphatic heterocycles. The zero-order valence-electron chi connectivity index (χ0n) is 13.4. The molecule has 0 saturated carbocycles. The predicted molar refractivity (Wildman–Crippen MR) is 96.9 cm³/mol. The highest BCUT2D eigenvalue weighted by Gasteiger charge is 2.27. The smallest absolute Gasteiger partial charge is 0.265 e. The molecule has 3 rings (SSSR count). The molecule has 0 saturated heterocycles. The molecule has 0 unspecified atom stereocenters. The summed E-state index contributed by atoms with van der Waals surface area (Å²) in [5, 5.41) is 9.55. The Morgan fingerprint density at radius 1 is 1.52 bits per heavy atom. The van der Waals surface area contributed by atoms with Crippen molar-refractivity contribution in [2.45, 2.75) is 20.0 Å². The van der Waals surface area contributed by atoms with Gasteiger partial charge in [0.05, 0.1) is 12.2 Å². The number of hydrogen-bond acceptors (Lipinski definition) is 5. The monoisotopic (exact) mass is 425 g/mol. The van der Waals surface area contributed by atoms with Gasteiger partial charge in [0.1, 0.15) is 12.3 Å². The first-order valence-corrected chi connectivity index (χ1v) is 8.83. The Kier molecular flexibility index (Phi) is 5.19. The first-order valence-electron chi connectivity index (χ1n) is 7.63. The number of anilines is 1. The van der Waals surface area contributed by atoms with Crippen molar-refractivity contribution in [1.82, 2.24) is 20.1 Å². The van der Waals surface area contributed by atoms with Crippen LogP contribution in [0.1, 0.15) is 12.7 Å². The van der Waals surface area contributed by atoms with Crippen LogP contribution in [0.15, 0.2) is 22.7 Å². The van der Waals surface area contributed by atoms with Crippen LogP contribution in [0.4, 0.5) is 5.69 Å². The number of H-pyrrole nitrogens is 1. The lowest BCUT2D eigenvalue weighted by Crippen LogP contribution is -2.45. The van der Waals surface area contributed by atoms with E-state index in [2.05, 4.69) is 31.4 Å². The molecule has 0 aliphatic carbocycles. The van der Waals surface area contributed by atoms with Crippen molar-refractivity contribution in [3.63, 3.8) is 0 Å². The number of fused-ring (bicyclic) bond motifs is 1. The Morgan fingerprint density at radius 2 is 2.32 bits per heavy atom. The highest BCUT2D eigenvalue weighted by atomic mass is 79.9. The van der Waals surface area contributed by atoms with Crippen LogP contribution in [0.25, 0.3) is 0 Å². The van der Waals surface area contributed by atoms with Crippen LogP contribution in [-0.4, -0.2) is 39.7 Å². The van der Waals surface area contributed by atoms with E-state index < -0.39 is 0 Å². The van der Waals surface area contributed by atoms with E-state index in [9.17, 15) is 9.59 Å². The number of halogens is 1. The van der Waals surface area contributed by atoms with E-state index in [1.54, 1.807) is 22.8 Å². The summed E-state index contributed by atoms with van der Waals surface area (Å²) in [6.07, 6.45) is 0. The maximum atomic E-state index is 12.3. The van der Waals surface area contributed by atoms with E-state index >= 15 is 0 Å². The molecule has 2 amide bonds. The average Bonchev–Trinajstić information content (AvgIpc) is 2.95. The molecule has 2 heterocycles. The number of hydrogen-bond donors (Lipinski definition) is 2. The van der Waals surface area contributed by atoms with Crippen molar-refractivity contribution in [2.24, 2.45) is 0 Å². The van der Waals surface area contributed by atoms with Gasteiger partial charge >= 0.3 is 0 Å². The van der Waals surface area contributed by atoms with E-state index in [4.69, 9.17) is 17.0 Å². The number of carbonyl (C=O) groups is 2. The van der Waals surface area contributed by atoms with Gasteiger partial charge in [-0.15, -0.1) is 0 Å². The summed E-state index contributed by atoms with van der Waals surface area (Å²) >= 11 is 8.47. The Bertz CT molecular complexity index is 878. The van der Waals surface area contributed by atoms with E-state index in [0.717, 1.165) is 4.47 Å². The van der Waals surface area contributed by atoms with Gasteiger partial charge in [-0.1, -0.05) is 15.9 Å². The molecule has 0 radical (unpaired) electrons. The lowest BCUT2D eigenvalue weighted by Gasteiger charge is -2.28. The predicted octanol–water partition coefficient (Wildman–Crippen LogP) is 1.76. The Labute approximate surface area is 157 Å². The Balaban J connectivity index is 1.69. The number of nitrogens with zero attached hydrogens (tertiary/aromatic N) is 3. The van der Waals surface area contributed by atoms with Gasteiger partial charge in [-0.05, 0) is 37.3 Å². The second-order valence-corrected chi connectivity index (χ2v) is 6.65. The highest BCUT2D eigenvalue weighted by Crippen LogP contribution is 2.34. The second kappa shape index (κ2) is 7.36. The van der Waals surface area contributed by atoms with Crippen molar-refractivity contribution in [3.05, 3.63) is 33.3 Å².